The molecule has 0 saturated carbocycles. The van der Waals surface area contributed by atoms with Gasteiger partial charge in [-0.1, -0.05) is 35.0 Å². The van der Waals surface area contributed by atoms with Crippen molar-refractivity contribution in [1.29, 1.82) is 0 Å². The lowest BCUT2D eigenvalue weighted by molar-refractivity contribution is -0.125. The molecule has 0 bridgehead atoms. The molecule has 0 spiro atoms. The zero-order chi connectivity index (χ0) is 13.1. The lowest BCUT2D eigenvalue weighted by Crippen LogP contribution is -2.54. The van der Waals surface area contributed by atoms with Crippen LogP contribution in [0.15, 0.2) is 28.7 Å². The predicted molar refractivity (Wildman–Crippen MR) is 73.6 cm³/mol. The van der Waals surface area contributed by atoms with Gasteiger partial charge in [0.1, 0.15) is 5.54 Å². The summed E-state index contributed by atoms with van der Waals surface area (Å²) in [4.78, 5) is 11.8. The Kier molecular flexibility index (Phi) is 4.71. The van der Waals surface area contributed by atoms with Crippen LogP contribution in [0.2, 0.25) is 0 Å². The average molecular weight is 299 g/mol. The van der Waals surface area contributed by atoms with Gasteiger partial charge in [-0.2, -0.15) is 0 Å². The molecule has 4 heteroatoms. The first-order valence-corrected chi connectivity index (χ1v) is 6.55. The second-order valence-corrected chi connectivity index (χ2v) is 5.34. The number of benzene rings is 1. The van der Waals surface area contributed by atoms with Gasteiger partial charge in [0.2, 0.25) is 5.91 Å². The Morgan fingerprint density at radius 2 is 1.94 bits per heavy atom. The van der Waals surface area contributed by atoms with Crippen LogP contribution in [0.1, 0.15) is 32.8 Å². The van der Waals surface area contributed by atoms with Gasteiger partial charge < -0.3 is 5.73 Å². The standard InChI is InChI=1S/C13H19BrN2O/c1-4-13(12(15)17,16-9(2)3)10-5-7-11(14)8-6-10/h5-9,16H,4H2,1-3H3,(H2,15,17). The second kappa shape index (κ2) is 5.65. The van der Waals surface area contributed by atoms with Crippen molar-refractivity contribution in [2.45, 2.75) is 38.8 Å². The van der Waals surface area contributed by atoms with Crippen molar-refractivity contribution in [2.75, 3.05) is 0 Å². The Morgan fingerprint density at radius 3 is 2.29 bits per heavy atom. The first kappa shape index (κ1) is 14.2. The molecule has 17 heavy (non-hydrogen) atoms. The third-order valence-corrected chi connectivity index (χ3v) is 3.35. The van der Waals surface area contributed by atoms with E-state index in [2.05, 4.69) is 21.2 Å². The van der Waals surface area contributed by atoms with Crippen molar-refractivity contribution in [3.8, 4) is 0 Å². The van der Waals surface area contributed by atoms with E-state index in [4.69, 9.17) is 5.73 Å². The number of halogens is 1. The minimum Gasteiger partial charge on any atom is -0.368 e. The average Bonchev–Trinajstić information content (AvgIpc) is 2.26. The maximum absolute atomic E-state index is 11.8. The Bertz CT molecular complexity index is 389. The minimum absolute atomic E-state index is 0.186. The first-order valence-electron chi connectivity index (χ1n) is 5.76. The van der Waals surface area contributed by atoms with Crippen molar-refractivity contribution in [3.05, 3.63) is 34.3 Å². The lowest BCUT2D eigenvalue weighted by atomic mass is 9.85. The maximum atomic E-state index is 11.8. The van der Waals surface area contributed by atoms with Crippen LogP contribution in [-0.2, 0) is 10.3 Å². The largest absolute Gasteiger partial charge is 0.368 e. The van der Waals surface area contributed by atoms with Crippen molar-refractivity contribution in [1.82, 2.24) is 5.32 Å². The fourth-order valence-corrected chi connectivity index (χ4v) is 2.27. The second-order valence-electron chi connectivity index (χ2n) is 4.43. The van der Waals surface area contributed by atoms with Crippen LogP contribution in [0.25, 0.3) is 0 Å². The van der Waals surface area contributed by atoms with E-state index in [1.54, 1.807) is 0 Å². The van der Waals surface area contributed by atoms with E-state index in [-0.39, 0.29) is 11.9 Å². The highest BCUT2D eigenvalue weighted by Crippen LogP contribution is 2.27. The van der Waals surface area contributed by atoms with Crippen molar-refractivity contribution < 1.29 is 4.79 Å². The Morgan fingerprint density at radius 1 is 1.41 bits per heavy atom. The van der Waals surface area contributed by atoms with Gasteiger partial charge in [-0.25, -0.2) is 0 Å². The lowest BCUT2D eigenvalue weighted by Gasteiger charge is -2.33. The van der Waals surface area contributed by atoms with Gasteiger partial charge >= 0.3 is 0 Å². The number of hydrogen-bond acceptors (Lipinski definition) is 2. The van der Waals surface area contributed by atoms with E-state index < -0.39 is 5.54 Å². The molecule has 0 aromatic heterocycles. The summed E-state index contributed by atoms with van der Waals surface area (Å²) in [6.07, 6.45) is 0.627. The van der Waals surface area contributed by atoms with Crippen molar-refractivity contribution >= 4 is 21.8 Å². The SMILES string of the molecule is CCC(NC(C)C)(C(N)=O)c1ccc(Br)cc1. The zero-order valence-electron chi connectivity index (χ0n) is 10.5. The van der Waals surface area contributed by atoms with Crippen molar-refractivity contribution in [3.63, 3.8) is 0 Å². The summed E-state index contributed by atoms with van der Waals surface area (Å²) in [5.74, 6) is -0.337. The normalized spacial score (nSPS) is 14.6. The molecule has 94 valence electrons. The molecule has 0 aliphatic carbocycles. The molecular formula is C13H19BrN2O. The zero-order valence-corrected chi connectivity index (χ0v) is 12.0. The molecule has 0 fully saturated rings. The molecule has 0 aliphatic heterocycles. The van der Waals surface area contributed by atoms with Crippen molar-refractivity contribution in [2.24, 2.45) is 5.73 Å². The number of nitrogens with one attached hydrogen (secondary N) is 1. The van der Waals surface area contributed by atoms with E-state index in [0.717, 1.165) is 10.0 Å². The van der Waals surface area contributed by atoms with Gasteiger partial charge in [-0.15, -0.1) is 0 Å². The molecule has 1 amide bonds. The van der Waals surface area contributed by atoms with Crippen LogP contribution < -0.4 is 11.1 Å². The van der Waals surface area contributed by atoms with E-state index in [0.29, 0.717) is 6.42 Å². The first-order chi connectivity index (χ1) is 7.92. The summed E-state index contributed by atoms with van der Waals surface area (Å²) < 4.78 is 0.986. The number of hydrogen-bond donors (Lipinski definition) is 2. The molecule has 1 rings (SSSR count). The number of primary amides is 1. The third kappa shape index (κ3) is 3.07. The van der Waals surface area contributed by atoms with Crippen LogP contribution in [0, 0.1) is 0 Å². The smallest absolute Gasteiger partial charge is 0.242 e. The molecule has 1 atom stereocenters. The van der Waals surface area contributed by atoms with Gasteiger partial charge in [0, 0.05) is 10.5 Å². The highest BCUT2D eigenvalue weighted by molar-refractivity contribution is 9.10. The van der Waals surface area contributed by atoms with E-state index >= 15 is 0 Å². The fourth-order valence-electron chi connectivity index (χ4n) is 2.00. The highest BCUT2D eigenvalue weighted by atomic mass is 79.9. The molecule has 0 saturated heterocycles. The van der Waals surface area contributed by atoms with E-state index in [9.17, 15) is 4.79 Å². The van der Waals surface area contributed by atoms with Crippen LogP contribution in [-0.4, -0.2) is 11.9 Å². The van der Waals surface area contributed by atoms with Gasteiger partial charge in [0.15, 0.2) is 0 Å². The molecule has 1 aromatic rings. The predicted octanol–water partition coefficient (Wildman–Crippen LogP) is 2.54. The van der Waals surface area contributed by atoms with Crippen LogP contribution >= 0.6 is 15.9 Å². The molecule has 3 N–H and O–H groups in total. The quantitative estimate of drug-likeness (QED) is 0.878. The number of nitrogens with two attached hydrogens (primary N) is 1. The summed E-state index contributed by atoms with van der Waals surface area (Å²) in [5, 5.41) is 3.29. The Labute approximate surface area is 111 Å². The van der Waals surface area contributed by atoms with Gasteiger partial charge in [-0.05, 0) is 38.0 Å². The molecule has 0 heterocycles. The summed E-state index contributed by atoms with van der Waals surface area (Å²) >= 11 is 3.39. The third-order valence-electron chi connectivity index (χ3n) is 2.82. The molecule has 0 aliphatic rings. The molecule has 0 radical (unpaired) electrons. The molecule has 1 unspecified atom stereocenters. The monoisotopic (exact) mass is 298 g/mol. The van der Waals surface area contributed by atoms with E-state index in [1.165, 1.54) is 0 Å². The number of carbonyl (C=O) groups excluding carboxylic acids is 1. The Hall–Kier alpha value is -0.870. The molecule has 1 aromatic carbocycles. The fraction of sp³-hybridized carbons (Fsp3) is 0.462. The summed E-state index contributed by atoms with van der Waals surface area (Å²) in [7, 11) is 0. The number of rotatable bonds is 5. The van der Waals surface area contributed by atoms with Gasteiger partial charge in [0.05, 0.1) is 0 Å². The van der Waals surface area contributed by atoms with Crippen LogP contribution in [0.3, 0.4) is 0 Å². The minimum atomic E-state index is -0.783. The van der Waals surface area contributed by atoms with Gasteiger partial charge in [-0.3, -0.25) is 10.1 Å². The summed E-state index contributed by atoms with van der Waals surface area (Å²) in [6, 6.07) is 7.88. The highest BCUT2D eigenvalue weighted by Gasteiger charge is 2.36. The Balaban J connectivity index is 3.21. The molecular weight excluding hydrogens is 280 g/mol. The molecule has 3 nitrogen and oxygen atoms in total. The van der Waals surface area contributed by atoms with E-state index in [1.807, 2.05) is 45.0 Å². The topological polar surface area (TPSA) is 55.1 Å². The van der Waals surface area contributed by atoms with Gasteiger partial charge in [0.25, 0.3) is 0 Å². The van der Waals surface area contributed by atoms with Crippen LogP contribution in [0.5, 0.6) is 0 Å². The van der Waals surface area contributed by atoms with Crippen LogP contribution in [0.4, 0.5) is 0 Å². The maximum Gasteiger partial charge on any atom is 0.242 e. The summed E-state index contributed by atoms with van der Waals surface area (Å²) in [6.45, 7) is 5.97. The number of amides is 1. The summed E-state index contributed by atoms with van der Waals surface area (Å²) in [5.41, 5.74) is 5.71. The number of carbonyl (C=O) groups is 1.